The molecule has 1 aromatic heterocycles. The predicted molar refractivity (Wildman–Crippen MR) is 148 cm³/mol. The lowest BCUT2D eigenvalue weighted by Crippen LogP contribution is -2.46. The van der Waals surface area contributed by atoms with E-state index in [0.717, 1.165) is 37.2 Å². The molecule has 0 bridgehead atoms. The summed E-state index contributed by atoms with van der Waals surface area (Å²) >= 11 is 0.742. The van der Waals surface area contributed by atoms with Crippen LogP contribution in [0.4, 0.5) is 11.4 Å². The number of benzene rings is 2. The highest BCUT2D eigenvalue weighted by molar-refractivity contribution is 7.09. The van der Waals surface area contributed by atoms with Crippen molar-refractivity contribution in [3.05, 3.63) is 58.6 Å². The molecule has 2 aromatic carbocycles. The number of nitrogens with two attached hydrogens (primary N) is 2. The monoisotopic (exact) mass is 553 g/mol. The molecule has 206 valence electrons. The summed E-state index contributed by atoms with van der Waals surface area (Å²) in [7, 11) is 4.50. The summed E-state index contributed by atoms with van der Waals surface area (Å²) in [6.45, 7) is 0. The van der Waals surface area contributed by atoms with Gasteiger partial charge in [0.1, 0.15) is 16.7 Å². The fourth-order valence-corrected chi connectivity index (χ4v) is 5.42. The average molecular weight is 554 g/mol. The Morgan fingerprint density at radius 2 is 1.74 bits per heavy atom. The van der Waals surface area contributed by atoms with E-state index in [0.29, 0.717) is 28.5 Å². The summed E-state index contributed by atoms with van der Waals surface area (Å²) in [5, 5.41) is 3.11. The minimum atomic E-state index is -1.15. The molecule has 0 radical (unpaired) electrons. The summed E-state index contributed by atoms with van der Waals surface area (Å²) in [6.07, 6.45) is 3.72. The molecule has 1 heterocycles. The van der Waals surface area contributed by atoms with E-state index < -0.39 is 17.9 Å². The fraction of sp³-hybridized carbons (Fsp3) is 0.333. The molecule has 3 aromatic rings. The van der Waals surface area contributed by atoms with Crippen LogP contribution in [0, 0.1) is 0 Å². The van der Waals surface area contributed by atoms with Gasteiger partial charge >= 0.3 is 0 Å². The molecule has 0 spiro atoms. The van der Waals surface area contributed by atoms with Crippen molar-refractivity contribution >= 4 is 40.6 Å². The molecule has 39 heavy (non-hydrogen) atoms. The second kappa shape index (κ2) is 12.0. The van der Waals surface area contributed by atoms with Crippen molar-refractivity contribution in [2.45, 2.75) is 37.8 Å². The van der Waals surface area contributed by atoms with E-state index in [1.807, 2.05) is 0 Å². The van der Waals surface area contributed by atoms with E-state index in [9.17, 15) is 14.4 Å². The Morgan fingerprint density at radius 3 is 2.36 bits per heavy atom. The van der Waals surface area contributed by atoms with Crippen LogP contribution in [-0.4, -0.2) is 49.5 Å². The van der Waals surface area contributed by atoms with Gasteiger partial charge in [-0.15, -0.1) is 0 Å². The van der Waals surface area contributed by atoms with Gasteiger partial charge in [-0.25, -0.2) is 0 Å². The molecule has 11 nitrogen and oxygen atoms in total. The van der Waals surface area contributed by atoms with E-state index in [4.69, 9.17) is 25.7 Å². The third-order valence-electron chi connectivity index (χ3n) is 6.64. The van der Waals surface area contributed by atoms with Gasteiger partial charge in [-0.3, -0.25) is 19.3 Å². The molecule has 1 atom stereocenters. The quantitative estimate of drug-likeness (QED) is 0.345. The number of carbonyl (C=O) groups is 3. The largest absolute Gasteiger partial charge is 0.497 e. The Hall–Kier alpha value is -4.32. The zero-order valence-electron chi connectivity index (χ0n) is 21.9. The lowest BCUT2D eigenvalue weighted by molar-refractivity contribution is -0.123. The normalized spacial score (nSPS) is 13.9. The first-order valence-corrected chi connectivity index (χ1v) is 13.1. The molecule has 1 saturated carbocycles. The summed E-state index contributed by atoms with van der Waals surface area (Å²) in [5.41, 5.74) is 12.0. The molecule has 0 aliphatic heterocycles. The number of aromatic nitrogens is 1. The van der Waals surface area contributed by atoms with E-state index in [2.05, 4.69) is 9.69 Å². The highest BCUT2D eigenvalue weighted by Gasteiger charge is 2.37. The zero-order chi connectivity index (χ0) is 28.1. The van der Waals surface area contributed by atoms with Gasteiger partial charge in [-0.1, -0.05) is 25.0 Å². The van der Waals surface area contributed by atoms with Crippen molar-refractivity contribution in [2.75, 3.05) is 32.0 Å². The molecular weight excluding hydrogens is 522 g/mol. The van der Waals surface area contributed by atoms with Crippen LogP contribution >= 0.6 is 11.5 Å². The van der Waals surface area contributed by atoms with Crippen LogP contribution in [0.3, 0.4) is 0 Å². The van der Waals surface area contributed by atoms with Crippen molar-refractivity contribution < 1.29 is 28.6 Å². The molecular formula is C27H31N5O6S. The number of hydrogen-bond acceptors (Lipinski definition) is 9. The SMILES string of the molecule is COc1cccc(N(C(=O)c2snc(C(N)=O)c2N)[C@@H](C(=O)NC2CCCC2)c2ccc(OC)c(OC)c2)c1. The van der Waals surface area contributed by atoms with Crippen LogP contribution in [0.15, 0.2) is 42.5 Å². The van der Waals surface area contributed by atoms with Crippen LogP contribution in [0.1, 0.15) is 57.4 Å². The van der Waals surface area contributed by atoms with Crippen molar-refractivity contribution in [1.29, 1.82) is 0 Å². The highest BCUT2D eigenvalue weighted by Crippen LogP contribution is 2.38. The molecule has 5 N–H and O–H groups in total. The molecule has 1 fully saturated rings. The van der Waals surface area contributed by atoms with Crippen LogP contribution in [0.5, 0.6) is 17.2 Å². The Morgan fingerprint density at radius 1 is 1.03 bits per heavy atom. The highest BCUT2D eigenvalue weighted by atomic mass is 32.1. The topological polar surface area (TPSA) is 159 Å². The molecule has 12 heteroatoms. The number of primary amides is 1. The van der Waals surface area contributed by atoms with Gasteiger partial charge in [-0.05, 0) is 54.2 Å². The van der Waals surface area contributed by atoms with E-state index >= 15 is 0 Å². The first kappa shape index (κ1) is 27.7. The predicted octanol–water partition coefficient (Wildman–Crippen LogP) is 3.30. The van der Waals surface area contributed by atoms with Crippen LogP contribution < -0.4 is 35.9 Å². The number of nitrogens with zero attached hydrogens (tertiary/aromatic N) is 2. The summed E-state index contributed by atoms with van der Waals surface area (Å²) in [5.74, 6) is -0.544. The summed E-state index contributed by atoms with van der Waals surface area (Å²) in [6, 6.07) is 10.6. The lowest BCUT2D eigenvalue weighted by Gasteiger charge is -2.32. The summed E-state index contributed by atoms with van der Waals surface area (Å²) < 4.78 is 20.3. The van der Waals surface area contributed by atoms with Gasteiger partial charge in [0.2, 0.25) is 5.91 Å². The number of anilines is 2. The number of ether oxygens (including phenoxy) is 3. The number of methoxy groups -OCH3 is 3. The maximum atomic E-state index is 14.2. The number of nitrogens with one attached hydrogen (secondary N) is 1. The van der Waals surface area contributed by atoms with Crippen LogP contribution in [0.2, 0.25) is 0 Å². The van der Waals surface area contributed by atoms with Crippen molar-refractivity contribution in [3.8, 4) is 17.2 Å². The van der Waals surface area contributed by atoms with Crippen LogP contribution in [-0.2, 0) is 4.79 Å². The first-order valence-electron chi connectivity index (χ1n) is 12.3. The smallest absolute Gasteiger partial charge is 0.273 e. The standard InChI is InChI=1S/C27H31N5O6S/c1-36-18-10-6-9-17(14-18)32(27(35)24-21(28)22(25(29)33)31-39-24)23(26(34)30-16-7-4-5-8-16)15-11-12-19(37-2)20(13-15)38-3/h6,9-14,16,23H,4-5,7-8,28H2,1-3H3,(H2,29,33)(H,30,34)/t23-/m1/s1. The van der Waals surface area contributed by atoms with Gasteiger partial charge in [-0.2, -0.15) is 4.37 Å². The molecule has 1 aliphatic rings. The van der Waals surface area contributed by atoms with Gasteiger partial charge in [0.15, 0.2) is 17.2 Å². The van der Waals surface area contributed by atoms with Gasteiger partial charge < -0.3 is 31.0 Å². The second-order valence-electron chi connectivity index (χ2n) is 9.02. The molecule has 0 unspecified atom stereocenters. The van der Waals surface area contributed by atoms with Crippen LogP contribution in [0.25, 0.3) is 0 Å². The number of amides is 3. The van der Waals surface area contributed by atoms with Crippen molar-refractivity contribution in [3.63, 3.8) is 0 Å². The van der Waals surface area contributed by atoms with E-state index in [1.165, 1.54) is 26.2 Å². The Balaban J connectivity index is 1.91. The fourth-order valence-electron chi connectivity index (χ4n) is 4.67. The Labute approximate surface area is 230 Å². The third-order valence-corrected chi connectivity index (χ3v) is 7.49. The van der Waals surface area contributed by atoms with Gasteiger partial charge in [0.25, 0.3) is 11.8 Å². The number of nitrogen functional groups attached to an aromatic ring is 1. The maximum Gasteiger partial charge on any atom is 0.273 e. The van der Waals surface area contributed by atoms with Crippen molar-refractivity contribution in [1.82, 2.24) is 9.69 Å². The van der Waals surface area contributed by atoms with Crippen molar-refractivity contribution in [2.24, 2.45) is 5.73 Å². The number of carbonyl (C=O) groups excluding carboxylic acids is 3. The molecule has 0 saturated heterocycles. The Kier molecular flexibility index (Phi) is 8.55. The molecule has 1 aliphatic carbocycles. The lowest BCUT2D eigenvalue weighted by atomic mass is 10.0. The zero-order valence-corrected chi connectivity index (χ0v) is 22.7. The first-order chi connectivity index (χ1) is 18.8. The van der Waals surface area contributed by atoms with Gasteiger partial charge in [0.05, 0.1) is 27.0 Å². The van der Waals surface area contributed by atoms with Gasteiger partial charge in [0, 0.05) is 17.8 Å². The number of rotatable bonds is 10. The molecule has 4 rings (SSSR count). The summed E-state index contributed by atoms with van der Waals surface area (Å²) in [4.78, 5) is 41.4. The third kappa shape index (κ3) is 5.75. The average Bonchev–Trinajstić information content (AvgIpc) is 3.60. The second-order valence-corrected chi connectivity index (χ2v) is 9.80. The Bertz CT molecular complexity index is 1370. The minimum Gasteiger partial charge on any atom is -0.497 e. The van der Waals surface area contributed by atoms with E-state index in [-0.39, 0.29) is 28.2 Å². The number of hydrogen-bond donors (Lipinski definition) is 3. The molecule has 3 amide bonds. The minimum absolute atomic E-state index is 0.0163. The van der Waals surface area contributed by atoms with E-state index in [1.54, 1.807) is 42.5 Å². The maximum absolute atomic E-state index is 14.2.